The largest absolute Gasteiger partial charge is 0.256 e. The van der Waals surface area contributed by atoms with E-state index in [9.17, 15) is 0 Å². The molecule has 0 bridgehead atoms. The molecule has 2 aromatic rings. The van der Waals surface area contributed by atoms with Crippen molar-refractivity contribution < 1.29 is 0 Å². The van der Waals surface area contributed by atoms with Gasteiger partial charge in [-0.25, -0.2) is 0 Å². The van der Waals surface area contributed by atoms with Gasteiger partial charge < -0.3 is 0 Å². The number of pyridine rings is 1. The fourth-order valence-corrected chi connectivity index (χ4v) is 3.13. The highest BCUT2D eigenvalue weighted by Gasteiger charge is 2.36. The third-order valence-electron chi connectivity index (χ3n) is 4.68. The summed E-state index contributed by atoms with van der Waals surface area (Å²) in [7, 11) is 0. The second-order valence-electron chi connectivity index (χ2n) is 5.79. The summed E-state index contributed by atoms with van der Waals surface area (Å²) >= 11 is 0. The molecule has 0 spiro atoms. The lowest BCUT2D eigenvalue weighted by Gasteiger charge is -2.41. The highest BCUT2D eigenvalue weighted by molar-refractivity contribution is 5.60. The predicted molar refractivity (Wildman–Crippen MR) is 80.2 cm³/mol. The molecule has 0 saturated heterocycles. The summed E-state index contributed by atoms with van der Waals surface area (Å²) in [5, 5.41) is 0. The van der Waals surface area contributed by atoms with E-state index in [1.54, 1.807) is 0 Å². The van der Waals surface area contributed by atoms with Crippen LogP contribution < -0.4 is 0 Å². The van der Waals surface area contributed by atoms with Crippen molar-refractivity contribution in [1.29, 1.82) is 0 Å². The van der Waals surface area contributed by atoms with Crippen LogP contribution in [0, 0.1) is 6.92 Å². The van der Waals surface area contributed by atoms with Crippen LogP contribution in [0.3, 0.4) is 0 Å². The van der Waals surface area contributed by atoms with Gasteiger partial charge in [0.2, 0.25) is 0 Å². The summed E-state index contributed by atoms with van der Waals surface area (Å²) in [6.45, 7) is 4.42. The van der Waals surface area contributed by atoms with Gasteiger partial charge in [-0.2, -0.15) is 0 Å². The third-order valence-corrected chi connectivity index (χ3v) is 4.68. The highest BCUT2D eigenvalue weighted by atomic mass is 14.7. The zero-order chi connectivity index (χ0) is 13.3. The van der Waals surface area contributed by atoms with Crippen LogP contribution in [0.5, 0.6) is 0 Å². The molecule has 1 aromatic carbocycles. The Kier molecular flexibility index (Phi) is 3.14. The Labute approximate surface area is 115 Å². The van der Waals surface area contributed by atoms with Crippen molar-refractivity contribution in [3.05, 3.63) is 53.7 Å². The summed E-state index contributed by atoms with van der Waals surface area (Å²) in [5.41, 5.74) is 5.44. The van der Waals surface area contributed by atoms with Crippen LogP contribution >= 0.6 is 0 Å². The Bertz CT molecular complexity index is 559. The fourth-order valence-electron chi connectivity index (χ4n) is 3.13. The lowest BCUT2D eigenvalue weighted by Crippen LogP contribution is -2.33. The first-order valence-electron chi connectivity index (χ1n) is 7.27. The lowest BCUT2D eigenvalue weighted by molar-refractivity contribution is 0.234. The lowest BCUT2D eigenvalue weighted by atomic mass is 9.63. The van der Waals surface area contributed by atoms with Gasteiger partial charge in [-0.1, -0.05) is 43.2 Å². The van der Waals surface area contributed by atoms with Crippen molar-refractivity contribution in [3.8, 4) is 11.3 Å². The minimum atomic E-state index is 0.429. The topological polar surface area (TPSA) is 12.9 Å². The van der Waals surface area contributed by atoms with E-state index in [0.29, 0.717) is 5.41 Å². The predicted octanol–water partition coefficient (Wildman–Crippen LogP) is 4.89. The molecule has 98 valence electrons. The van der Waals surface area contributed by atoms with E-state index < -0.39 is 0 Å². The number of nitrogens with zero attached hydrogens (tertiary/aromatic N) is 1. The number of rotatable bonds is 3. The smallest absolute Gasteiger partial charge is 0.0702 e. The Morgan fingerprint density at radius 3 is 2.53 bits per heavy atom. The third kappa shape index (κ3) is 2.18. The van der Waals surface area contributed by atoms with Crippen molar-refractivity contribution in [2.45, 2.75) is 44.9 Å². The average molecular weight is 251 g/mol. The normalized spacial score (nSPS) is 16.9. The Morgan fingerprint density at radius 2 is 2.00 bits per heavy atom. The molecule has 0 amide bonds. The van der Waals surface area contributed by atoms with Crippen LogP contribution in [0.15, 0.2) is 42.6 Å². The standard InChI is InChI=1S/C18H21N/c1-3-18(10-5-11-18)16-8-9-17(19-13-16)15-7-4-6-14(2)12-15/h4,6-9,12-13H,3,5,10-11H2,1-2H3. The summed E-state index contributed by atoms with van der Waals surface area (Å²) in [4.78, 5) is 4.69. The van der Waals surface area contributed by atoms with E-state index in [1.165, 1.54) is 42.4 Å². The van der Waals surface area contributed by atoms with Crippen LogP contribution in [-0.4, -0.2) is 4.98 Å². The van der Waals surface area contributed by atoms with Crippen LogP contribution in [0.25, 0.3) is 11.3 Å². The number of benzene rings is 1. The van der Waals surface area contributed by atoms with Gasteiger partial charge in [0.25, 0.3) is 0 Å². The molecule has 0 unspecified atom stereocenters. The van der Waals surface area contributed by atoms with Gasteiger partial charge in [0.05, 0.1) is 5.69 Å². The molecule has 1 aliphatic rings. The fraction of sp³-hybridized carbons (Fsp3) is 0.389. The van der Waals surface area contributed by atoms with Gasteiger partial charge in [-0.3, -0.25) is 4.98 Å². The van der Waals surface area contributed by atoms with Crippen molar-refractivity contribution >= 4 is 0 Å². The van der Waals surface area contributed by atoms with Gasteiger partial charge in [0, 0.05) is 11.8 Å². The van der Waals surface area contributed by atoms with Gasteiger partial charge in [-0.05, 0) is 49.3 Å². The molecular weight excluding hydrogens is 230 g/mol. The molecule has 0 N–H and O–H groups in total. The van der Waals surface area contributed by atoms with Crippen molar-refractivity contribution in [3.63, 3.8) is 0 Å². The maximum atomic E-state index is 4.69. The minimum absolute atomic E-state index is 0.429. The highest BCUT2D eigenvalue weighted by Crippen LogP contribution is 2.46. The first-order chi connectivity index (χ1) is 9.23. The van der Waals surface area contributed by atoms with Gasteiger partial charge >= 0.3 is 0 Å². The van der Waals surface area contributed by atoms with E-state index in [4.69, 9.17) is 0 Å². The van der Waals surface area contributed by atoms with E-state index in [1.807, 2.05) is 0 Å². The molecule has 1 heteroatoms. The molecule has 0 radical (unpaired) electrons. The summed E-state index contributed by atoms with van der Waals surface area (Å²) in [6.07, 6.45) is 7.36. The SMILES string of the molecule is CCC1(c2ccc(-c3cccc(C)c3)nc2)CCC1. The molecule has 1 aliphatic carbocycles. The monoisotopic (exact) mass is 251 g/mol. The van der Waals surface area contributed by atoms with Crippen LogP contribution in [-0.2, 0) is 5.41 Å². The number of hydrogen-bond donors (Lipinski definition) is 0. The second-order valence-corrected chi connectivity index (χ2v) is 5.79. The Balaban J connectivity index is 1.91. The van der Waals surface area contributed by atoms with Crippen molar-refractivity contribution in [2.24, 2.45) is 0 Å². The Hall–Kier alpha value is -1.63. The molecular formula is C18H21N. The molecule has 1 heterocycles. The summed E-state index contributed by atoms with van der Waals surface area (Å²) in [6, 6.07) is 13.0. The number of aryl methyl sites for hydroxylation is 1. The zero-order valence-electron chi connectivity index (χ0n) is 11.8. The second kappa shape index (κ2) is 4.80. The molecule has 1 fully saturated rings. The van der Waals surface area contributed by atoms with E-state index in [-0.39, 0.29) is 0 Å². The number of hydrogen-bond acceptors (Lipinski definition) is 1. The first-order valence-corrected chi connectivity index (χ1v) is 7.27. The number of aromatic nitrogens is 1. The van der Waals surface area contributed by atoms with Crippen molar-refractivity contribution in [2.75, 3.05) is 0 Å². The van der Waals surface area contributed by atoms with E-state index in [2.05, 4.69) is 61.4 Å². The van der Waals surface area contributed by atoms with E-state index in [0.717, 1.165) is 5.69 Å². The molecule has 0 atom stereocenters. The Morgan fingerprint density at radius 1 is 1.16 bits per heavy atom. The van der Waals surface area contributed by atoms with Crippen molar-refractivity contribution in [1.82, 2.24) is 4.98 Å². The maximum Gasteiger partial charge on any atom is 0.0702 e. The summed E-state index contributed by atoms with van der Waals surface area (Å²) < 4.78 is 0. The van der Waals surface area contributed by atoms with Gasteiger partial charge in [0.15, 0.2) is 0 Å². The molecule has 0 aliphatic heterocycles. The summed E-state index contributed by atoms with van der Waals surface area (Å²) in [5.74, 6) is 0. The quantitative estimate of drug-likeness (QED) is 0.757. The first kappa shape index (κ1) is 12.4. The molecule has 1 aromatic heterocycles. The zero-order valence-corrected chi connectivity index (χ0v) is 11.8. The molecule has 1 saturated carbocycles. The molecule has 19 heavy (non-hydrogen) atoms. The minimum Gasteiger partial charge on any atom is -0.256 e. The van der Waals surface area contributed by atoms with Crippen LogP contribution in [0.1, 0.15) is 43.7 Å². The van der Waals surface area contributed by atoms with Crippen LogP contribution in [0.2, 0.25) is 0 Å². The van der Waals surface area contributed by atoms with E-state index >= 15 is 0 Å². The average Bonchev–Trinajstić information content (AvgIpc) is 2.39. The van der Waals surface area contributed by atoms with Gasteiger partial charge in [-0.15, -0.1) is 0 Å². The van der Waals surface area contributed by atoms with Gasteiger partial charge in [0.1, 0.15) is 0 Å². The molecule has 3 rings (SSSR count). The van der Waals surface area contributed by atoms with Crippen LogP contribution in [0.4, 0.5) is 0 Å². The molecule has 1 nitrogen and oxygen atoms in total. The maximum absolute atomic E-state index is 4.69.